The van der Waals surface area contributed by atoms with Crippen LogP contribution in [0.5, 0.6) is 0 Å². The fraction of sp³-hybridized carbons (Fsp3) is 0.400. The van der Waals surface area contributed by atoms with E-state index in [1.807, 2.05) is 18.2 Å². The van der Waals surface area contributed by atoms with E-state index in [0.29, 0.717) is 6.04 Å². The zero-order chi connectivity index (χ0) is 16.1. The van der Waals surface area contributed by atoms with Crippen LogP contribution in [0, 0.1) is 0 Å². The van der Waals surface area contributed by atoms with Gasteiger partial charge in [0.05, 0.1) is 12.7 Å². The molecule has 1 aliphatic rings. The summed E-state index contributed by atoms with van der Waals surface area (Å²) in [6.07, 6.45) is 1.98. The molecule has 0 amide bonds. The van der Waals surface area contributed by atoms with Gasteiger partial charge >= 0.3 is 0 Å². The molecule has 0 bridgehead atoms. The lowest BCUT2D eigenvalue weighted by Gasteiger charge is -2.32. The highest BCUT2D eigenvalue weighted by Gasteiger charge is 2.37. The number of hydrogen-bond acceptors (Lipinski definition) is 3. The van der Waals surface area contributed by atoms with E-state index in [9.17, 15) is 5.11 Å². The molecular weight excluding hydrogens is 286 g/mol. The Morgan fingerprint density at radius 2 is 1.74 bits per heavy atom. The third-order valence-electron chi connectivity index (χ3n) is 4.47. The summed E-state index contributed by atoms with van der Waals surface area (Å²) in [5.41, 5.74) is 2.47. The maximum atomic E-state index is 9.58. The highest BCUT2D eigenvalue weighted by molar-refractivity contribution is 5.23. The summed E-state index contributed by atoms with van der Waals surface area (Å²) in [5, 5.41) is 9.58. The predicted molar refractivity (Wildman–Crippen MR) is 91.9 cm³/mol. The van der Waals surface area contributed by atoms with Crippen molar-refractivity contribution in [2.75, 3.05) is 13.2 Å². The van der Waals surface area contributed by atoms with Crippen LogP contribution < -0.4 is 0 Å². The van der Waals surface area contributed by atoms with Crippen LogP contribution >= 0.6 is 0 Å². The third-order valence-corrected chi connectivity index (χ3v) is 4.47. The molecule has 1 N–H and O–H groups in total. The summed E-state index contributed by atoms with van der Waals surface area (Å²) in [7, 11) is 0. The van der Waals surface area contributed by atoms with Gasteiger partial charge in [-0.25, -0.2) is 0 Å². The van der Waals surface area contributed by atoms with Crippen molar-refractivity contribution < 1.29 is 9.84 Å². The maximum Gasteiger partial charge on any atom is 0.137 e. The largest absolute Gasteiger partial charge is 0.394 e. The van der Waals surface area contributed by atoms with Crippen molar-refractivity contribution in [3.8, 4) is 0 Å². The molecule has 2 aromatic carbocycles. The molecule has 3 rings (SSSR count). The second-order valence-corrected chi connectivity index (χ2v) is 6.12. The van der Waals surface area contributed by atoms with Gasteiger partial charge in [0, 0.05) is 12.6 Å². The van der Waals surface area contributed by atoms with Crippen molar-refractivity contribution in [1.82, 2.24) is 4.90 Å². The summed E-state index contributed by atoms with van der Waals surface area (Å²) < 4.78 is 6.13. The molecular formula is C20H25NO2. The molecule has 0 spiro atoms. The lowest BCUT2D eigenvalue weighted by atomic mass is 9.99. The minimum absolute atomic E-state index is 0.0630. The van der Waals surface area contributed by atoms with Gasteiger partial charge in [0.15, 0.2) is 0 Å². The van der Waals surface area contributed by atoms with Crippen LogP contribution in [0.25, 0.3) is 0 Å². The molecule has 2 aromatic rings. The number of nitrogens with zero attached hydrogens (tertiary/aromatic N) is 1. The molecule has 1 aliphatic heterocycles. The smallest absolute Gasteiger partial charge is 0.137 e. The second kappa shape index (κ2) is 7.73. The Morgan fingerprint density at radius 3 is 2.35 bits per heavy atom. The van der Waals surface area contributed by atoms with E-state index >= 15 is 0 Å². The van der Waals surface area contributed by atoms with Gasteiger partial charge in [-0.2, -0.15) is 0 Å². The minimum atomic E-state index is -0.122. The molecule has 122 valence electrons. The fourth-order valence-electron chi connectivity index (χ4n) is 3.39. The fourth-order valence-corrected chi connectivity index (χ4v) is 3.39. The average molecular weight is 311 g/mol. The van der Waals surface area contributed by atoms with Crippen LogP contribution in [0.3, 0.4) is 0 Å². The Hall–Kier alpha value is -1.68. The molecule has 1 saturated heterocycles. The third kappa shape index (κ3) is 3.63. The van der Waals surface area contributed by atoms with Crippen LogP contribution in [0.1, 0.15) is 43.2 Å². The topological polar surface area (TPSA) is 32.7 Å². The van der Waals surface area contributed by atoms with Crippen molar-refractivity contribution in [3.63, 3.8) is 0 Å². The van der Waals surface area contributed by atoms with Crippen molar-refractivity contribution >= 4 is 0 Å². The van der Waals surface area contributed by atoms with Crippen LogP contribution in [0.4, 0.5) is 0 Å². The minimum Gasteiger partial charge on any atom is -0.394 e. The van der Waals surface area contributed by atoms with Crippen LogP contribution in [-0.4, -0.2) is 29.3 Å². The molecule has 0 aromatic heterocycles. The number of benzene rings is 2. The van der Waals surface area contributed by atoms with Gasteiger partial charge in [-0.15, -0.1) is 0 Å². The normalized spacial score (nSPS) is 23.0. The lowest BCUT2D eigenvalue weighted by molar-refractivity contribution is -0.0318. The summed E-state index contributed by atoms with van der Waals surface area (Å²) in [6, 6.07) is 21.2. The molecule has 3 atom stereocenters. The molecule has 3 nitrogen and oxygen atoms in total. The van der Waals surface area contributed by atoms with Crippen molar-refractivity contribution in [2.45, 2.75) is 38.1 Å². The van der Waals surface area contributed by atoms with E-state index in [1.165, 1.54) is 5.56 Å². The Bertz CT molecular complexity index is 587. The Labute approximate surface area is 138 Å². The van der Waals surface area contributed by atoms with Crippen molar-refractivity contribution in [2.24, 2.45) is 0 Å². The molecule has 3 heteroatoms. The number of aliphatic hydroxyl groups excluding tert-OH is 1. The number of ether oxygens (including phenoxy) is 1. The lowest BCUT2D eigenvalue weighted by Crippen LogP contribution is -2.30. The van der Waals surface area contributed by atoms with Gasteiger partial charge in [-0.1, -0.05) is 74.0 Å². The van der Waals surface area contributed by atoms with Gasteiger partial charge in [-0.05, 0) is 17.5 Å². The molecule has 0 aliphatic carbocycles. The Kier molecular flexibility index (Phi) is 5.44. The number of hydrogen-bond donors (Lipinski definition) is 1. The first-order valence-electron chi connectivity index (χ1n) is 8.45. The van der Waals surface area contributed by atoms with E-state index in [2.05, 4.69) is 54.3 Å². The van der Waals surface area contributed by atoms with E-state index in [0.717, 1.165) is 24.9 Å². The Balaban J connectivity index is 1.92. The maximum absolute atomic E-state index is 9.58. The molecule has 1 fully saturated rings. The van der Waals surface area contributed by atoms with Gasteiger partial charge in [0.1, 0.15) is 6.23 Å². The number of aliphatic hydroxyl groups is 1. The zero-order valence-electron chi connectivity index (χ0n) is 13.6. The molecule has 0 saturated carbocycles. The van der Waals surface area contributed by atoms with E-state index < -0.39 is 0 Å². The van der Waals surface area contributed by atoms with Gasteiger partial charge < -0.3 is 9.84 Å². The summed E-state index contributed by atoms with van der Waals surface area (Å²) in [6.45, 7) is 3.04. The highest BCUT2D eigenvalue weighted by atomic mass is 16.5. The first-order chi connectivity index (χ1) is 11.3. The van der Waals surface area contributed by atoms with E-state index in [4.69, 9.17) is 4.74 Å². The molecule has 23 heavy (non-hydrogen) atoms. The number of rotatable bonds is 6. The molecule has 3 unspecified atom stereocenters. The van der Waals surface area contributed by atoms with Gasteiger partial charge in [0.25, 0.3) is 0 Å². The van der Waals surface area contributed by atoms with Crippen LogP contribution in [-0.2, 0) is 4.74 Å². The molecule has 0 radical (unpaired) electrons. The van der Waals surface area contributed by atoms with Crippen LogP contribution in [0.2, 0.25) is 0 Å². The van der Waals surface area contributed by atoms with E-state index in [1.54, 1.807) is 0 Å². The van der Waals surface area contributed by atoms with Crippen molar-refractivity contribution in [1.29, 1.82) is 0 Å². The summed E-state index contributed by atoms with van der Waals surface area (Å²) in [4.78, 5) is 2.40. The second-order valence-electron chi connectivity index (χ2n) is 6.12. The average Bonchev–Trinajstić information content (AvgIpc) is 3.05. The van der Waals surface area contributed by atoms with Crippen LogP contribution in [0.15, 0.2) is 60.7 Å². The summed E-state index contributed by atoms with van der Waals surface area (Å²) in [5.74, 6) is 0. The van der Waals surface area contributed by atoms with Gasteiger partial charge in [0.2, 0.25) is 0 Å². The first-order valence-corrected chi connectivity index (χ1v) is 8.45. The Morgan fingerprint density at radius 1 is 1.09 bits per heavy atom. The predicted octanol–water partition coefficient (Wildman–Crippen LogP) is 3.92. The first kappa shape index (κ1) is 16.2. The summed E-state index contributed by atoms with van der Waals surface area (Å²) >= 11 is 0. The standard InChI is InChI=1S/C20H25NO2/c1-2-9-19(16-10-5-3-6-11-16)21-14-18(15-22)23-20(21)17-12-7-4-8-13-17/h3-8,10-13,18-20,22H,2,9,14-15H2,1H3. The SMILES string of the molecule is CCCC(c1ccccc1)N1CC(CO)OC1c1ccccc1. The highest BCUT2D eigenvalue weighted by Crippen LogP contribution is 2.39. The van der Waals surface area contributed by atoms with Gasteiger partial charge in [-0.3, -0.25) is 4.90 Å². The van der Waals surface area contributed by atoms with Crippen molar-refractivity contribution in [3.05, 3.63) is 71.8 Å². The van der Waals surface area contributed by atoms with E-state index in [-0.39, 0.29) is 18.9 Å². The zero-order valence-corrected chi connectivity index (χ0v) is 13.6. The monoisotopic (exact) mass is 311 g/mol. The quantitative estimate of drug-likeness (QED) is 0.877. The molecule has 1 heterocycles.